The van der Waals surface area contributed by atoms with Gasteiger partial charge in [-0.1, -0.05) is 13.8 Å². The number of carboxylic acids is 1. The summed E-state index contributed by atoms with van der Waals surface area (Å²) in [7, 11) is 0. The standard InChI is InChI=1S/C12H22N2O3/c1-8(4-3-5-13)11(15)14-6-10(7-14)9(2)12(16)17/h8-10H,3-7,13H2,1-2H3,(H,16,17). The molecule has 1 fully saturated rings. The predicted octanol–water partition coefficient (Wildman–Crippen LogP) is 0.541. The molecule has 0 aromatic rings. The van der Waals surface area contributed by atoms with E-state index in [0.29, 0.717) is 19.6 Å². The van der Waals surface area contributed by atoms with Crippen LogP contribution in [0.25, 0.3) is 0 Å². The molecule has 3 N–H and O–H groups in total. The summed E-state index contributed by atoms with van der Waals surface area (Å²) in [6.45, 7) is 5.38. The molecule has 0 aromatic heterocycles. The van der Waals surface area contributed by atoms with Crippen molar-refractivity contribution in [2.75, 3.05) is 19.6 Å². The van der Waals surface area contributed by atoms with Gasteiger partial charge in [0.05, 0.1) is 5.92 Å². The van der Waals surface area contributed by atoms with Crippen molar-refractivity contribution in [2.45, 2.75) is 26.7 Å². The third-order valence-electron chi connectivity index (χ3n) is 3.58. The fraction of sp³-hybridized carbons (Fsp3) is 0.833. The maximum Gasteiger partial charge on any atom is 0.306 e. The molecule has 1 rings (SSSR count). The fourth-order valence-corrected chi connectivity index (χ4v) is 2.07. The van der Waals surface area contributed by atoms with Gasteiger partial charge in [-0.15, -0.1) is 0 Å². The van der Waals surface area contributed by atoms with Crippen LogP contribution in [0.5, 0.6) is 0 Å². The molecule has 0 radical (unpaired) electrons. The summed E-state index contributed by atoms with van der Waals surface area (Å²) >= 11 is 0. The van der Waals surface area contributed by atoms with Crippen molar-refractivity contribution in [3.8, 4) is 0 Å². The molecular formula is C12H22N2O3. The van der Waals surface area contributed by atoms with Gasteiger partial charge in [-0.05, 0) is 19.4 Å². The van der Waals surface area contributed by atoms with Gasteiger partial charge in [0.2, 0.25) is 5.91 Å². The highest BCUT2D eigenvalue weighted by Gasteiger charge is 2.38. The quantitative estimate of drug-likeness (QED) is 0.712. The number of carbonyl (C=O) groups excluding carboxylic acids is 1. The van der Waals surface area contributed by atoms with E-state index in [1.807, 2.05) is 6.92 Å². The maximum absolute atomic E-state index is 11.9. The maximum atomic E-state index is 11.9. The lowest BCUT2D eigenvalue weighted by atomic mass is 9.86. The van der Waals surface area contributed by atoms with Gasteiger partial charge in [0, 0.05) is 24.9 Å². The van der Waals surface area contributed by atoms with E-state index in [0.717, 1.165) is 12.8 Å². The van der Waals surface area contributed by atoms with Crippen LogP contribution < -0.4 is 5.73 Å². The van der Waals surface area contributed by atoms with Gasteiger partial charge in [-0.25, -0.2) is 0 Å². The first-order valence-corrected chi connectivity index (χ1v) is 6.19. The van der Waals surface area contributed by atoms with Crippen LogP contribution in [0.2, 0.25) is 0 Å². The molecule has 17 heavy (non-hydrogen) atoms. The zero-order valence-electron chi connectivity index (χ0n) is 10.6. The van der Waals surface area contributed by atoms with Gasteiger partial charge < -0.3 is 15.7 Å². The summed E-state index contributed by atoms with van der Waals surface area (Å²) in [6, 6.07) is 0. The third-order valence-corrected chi connectivity index (χ3v) is 3.58. The Morgan fingerprint density at radius 3 is 2.47 bits per heavy atom. The Hall–Kier alpha value is -1.10. The van der Waals surface area contributed by atoms with Crippen molar-refractivity contribution >= 4 is 11.9 Å². The lowest BCUT2D eigenvalue weighted by Gasteiger charge is -2.42. The third kappa shape index (κ3) is 3.43. The molecule has 0 aromatic carbocycles. The average molecular weight is 242 g/mol. The molecule has 98 valence electrons. The zero-order valence-corrected chi connectivity index (χ0v) is 10.6. The van der Waals surface area contributed by atoms with Gasteiger partial charge in [0.1, 0.15) is 0 Å². The Morgan fingerprint density at radius 2 is 2.00 bits per heavy atom. The molecule has 0 aliphatic carbocycles. The van der Waals surface area contributed by atoms with E-state index in [9.17, 15) is 9.59 Å². The van der Waals surface area contributed by atoms with Crippen LogP contribution in [-0.2, 0) is 9.59 Å². The van der Waals surface area contributed by atoms with Crippen molar-refractivity contribution in [3.05, 3.63) is 0 Å². The normalized spacial score (nSPS) is 19.6. The average Bonchev–Trinajstić information content (AvgIpc) is 2.23. The molecule has 1 amide bonds. The summed E-state index contributed by atoms with van der Waals surface area (Å²) in [5.41, 5.74) is 5.40. The summed E-state index contributed by atoms with van der Waals surface area (Å²) in [6.07, 6.45) is 1.67. The second kappa shape index (κ2) is 6.00. The SMILES string of the molecule is CC(CCCN)C(=O)N1CC(C(C)C(=O)O)C1. The molecular weight excluding hydrogens is 220 g/mol. The van der Waals surface area contributed by atoms with Crippen molar-refractivity contribution in [1.82, 2.24) is 4.90 Å². The number of rotatable bonds is 6. The van der Waals surface area contributed by atoms with E-state index in [1.165, 1.54) is 0 Å². The van der Waals surface area contributed by atoms with E-state index < -0.39 is 5.97 Å². The van der Waals surface area contributed by atoms with Crippen molar-refractivity contribution in [2.24, 2.45) is 23.5 Å². The Bertz CT molecular complexity index is 287. The molecule has 1 heterocycles. The summed E-state index contributed by atoms with van der Waals surface area (Å²) in [5, 5.41) is 8.85. The molecule has 1 aliphatic rings. The number of likely N-dealkylation sites (tertiary alicyclic amines) is 1. The summed E-state index contributed by atoms with van der Waals surface area (Å²) < 4.78 is 0. The highest BCUT2D eigenvalue weighted by atomic mass is 16.4. The van der Waals surface area contributed by atoms with Crippen LogP contribution in [-0.4, -0.2) is 41.5 Å². The summed E-state index contributed by atoms with van der Waals surface area (Å²) in [5.74, 6) is -0.901. The molecule has 5 nitrogen and oxygen atoms in total. The van der Waals surface area contributed by atoms with Crippen molar-refractivity contribution in [3.63, 3.8) is 0 Å². The number of hydrogen-bond donors (Lipinski definition) is 2. The Kier molecular flexibility index (Phi) is 4.93. The van der Waals surface area contributed by atoms with Gasteiger partial charge in [-0.2, -0.15) is 0 Å². The van der Waals surface area contributed by atoms with Crippen LogP contribution in [0.3, 0.4) is 0 Å². The second-order valence-corrected chi connectivity index (χ2v) is 4.96. The zero-order chi connectivity index (χ0) is 13.0. The fourth-order valence-electron chi connectivity index (χ4n) is 2.07. The van der Waals surface area contributed by atoms with Crippen LogP contribution in [0.1, 0.15) is 26.7 Å². The number of nitrogens with zero attached hydrogens (tertiary/aromatic N) is 1. The van der Waals surface area contributed by atoms with Gasteiger partial charge in [0.25, 0.3) is 0 Å². The van der Waals surface area contributed by atoms with E-state index in [2.05, 4.69) is 0 Å². The van der Waals surface area contributed by atoms with Crippen molar-refractivity contribution < 1.29 is 14.7 Å². The highest BCUT2D eigenvalue weighted by Crippen LogP contribution is 2.26. The van der Waals surface area contributed by atoms with Crippen LogP contribution in [0, 0.1) is 17.8 Å². The number of nitrogens with two attached hydrogens (primary N) is 1. The first kappa shape index (κ1) is 14.0. The predicted molar refractivity (Wildman–Crippen MR) is 64.3 cm³/mol. The topological polar surface area (TPSA) is 83.6 Å². The van der Waals surface area contributed by atoms with E-state index in [4.69, 9.17) is 10.8 Å². The number of aliphatic carboxylic acids is 1. The van der Waals surface area contributed by atoms with E-state index in [1.54, 1.807) is 11.8 Å². The molecule has 2 unspecified atom stereocenters. The van der Waals surface area contributed by atoms with Crippen LogP contribution in [0.15, 0.2) is 0 Å². The molecule has 0 saturated carbocycles. The Morgan fingerprint density at radius 1 is 1.41 bits per heavy atom. The Balaban J connectivity index is 2.32. The number of amides is 1. The highest BCUT2D eigenvalue weighted by molar-refractivity contribution is 5.79. The largest absolute Gasteiger partial charge is 0.481 e. The molecule has 0 bridgehead atoms. The first-order chi connectivity index (χ1) is 7.97. The van der Waals surface area contributed by atoms with E-state index >= 15 is 0 Å². The van der Waals surface area contributed by atoms with Crippen molar-refractivity contribution in [1.29, 1.82) is 0 Å². The molecule has 1 saturated heterocycles. The Labute approximate surface area is 102 Å². The summed E-state index contributed by atoms with van der Waals surface area (Å²) in [4.78, 5) is 24.4. The number of carbonyl (C=O) groups is 2. The van der Waals surface area contributed by atoms with Gasteiger partial charge >= 0.3 is 5.97 Å². The van der Waals surface area contributed by atoms with E-state index in [-0.39, 0.29) is 23.7 Å². The minimum atomic E-state index is -0.779. The molecule has 5 heteroatoms. The van der Waals surface area contributed by atoms with Gasteiger partial charge in [-0.3, -0.25) is 9.59 Å². The lowest BCUT2D eigenvalue weighted by Crippen LogP contribution is -2.54. The minimum absolute atomic E-state index is 0.000339. The van der Waals surface area contributed by atoms with Gasteiger partial charge in [0.15, 0.2) is 0 Å². The monoisotopic (exact) mass is 242 g/mol. The smallest absolute Gasteiger partial charge is 0.306 e. The number of carboxylic acid groups (broad SMARTS) is 1. The molecule has 1 aliphatic heterocycles. The van der Waals surface area contributed by atoms with Crippen LogP contribution >= 0.6 is 0 Å². The minimum Gasteiger partial charge on any atom is -0.481 e. The number of hydrogen-bond acceptors (Lipinski definition) is 3. The second-order valence-electron chi connectivity index (χ2n) is 4.96. The molecule has 0 spiro atoms. The molecule has 2 atom stereocenters. The lowest BCUT2D eigenvalue weighted by molar-refractivity contribution is -0.152. The van der Waals surface area contributed by atoms with Crippen LogP contribution in [0.4, 0.5) is 0 Å². The first-order valence-electron chi connectivity index (χ1n) is 6.19.